The third-order valence-electron chi connectivity index (χ3n) is 4.99. The molecule has 0 radical (unpaired) electrons. The molecule has 0 aliphatic heterocycles. The number of hydrogen-bond acceptors (Lipinski definition) is 6. The van der Waals surface area contributed by atoms with Gasteiger partial charge in [-0.15, -0.1) is 0 Å². The Bertz CT molecular complexity index is 1190. The molecular formula is C26H24N2O4S2. The van der Waals surface area contributed by atoms with Crippen molar-refractivity contribution in [2.45, 2.75) is 22.6 Å². The van der Waals surface area contributed by atoms with Crippen molar-refractivity contribution in [2.75, 3.05) is 11.5 Å². The lowest BCUT2D eigenvalue weighted by Crippen LogP contribution is -2.13. The van der Waals surface area contributed by atoms with E-state index in [0.29, 0.717) is 32.3 Å². The molecule has 0 heterocycles. The van der Waals surface area contributed by atoms with Gasteiger partial charge in [0, 0.05) is 34.0 Å². The smallest absolute Gasteiger partial charge is 0.335 e. The second-order valence-corrected chi connectivity index (χ2v) is 9.88. The number of rotatable bonds is 10. The van der Waals surface area contributed by atoms with E-state index < -0.39 is 11.9 Å². The largest absolute Gasteiger partial charge is 0.478 e. The van der Waals surface area contributed by atoms with Crippen LogP contribution in [0.1, 0.15) is 31.8 Å². The van der Waals surface area contributed by atoms with Crippen molar-refractivity contribution in [1.29, 1.82) is 0 Å². The fraction of sp³-hybridized carbons (Fsp3) is 0.0769. The lowest BCUT2D eigenvalue weighted by Gasteiger charge is -2.18. The highest BCUT2D eigenvalue weighted by atomic mass is 32.2. The van der Waals surface area contributed by atoms with Crippen LogP contribution in [0.4, 0.5) is 11.4 Å². The first-order chi connectivity index (χ1) is 16.2. The zero-order valence-electron chi connectivity index (χ0n) is 18.3. The summed E-state index contributed by atoms with van der Waals surface area (Å²) < 4.78 is 0. The van der Waals surface area contributed by atoms with E-state index in [1.165, 1.54) is 35.7 Å². The molecule has 0 saturated heterocycles. The van der Waals surface area contributed by atoms with E-state index in [1.54, 1.807) is 12.1 Å². The molecule has 8 heteroatoms. The number of thioether (sulfide) groups is 2. The van der Waals surface area contributed by atoms with E-state index in [1.807, 2.05) is 36.4 Å². The van der Waals surface area contributed by atoms with Crippen LogP contribution < -0.4 is 11.5 Å². The molecule has 0 bridgehead atoms. The van der Waals surface area contributed by atoms with Crippen LogP contribution in [0.25, 0.3) is 0 Å². The highest BCUT2D eigenvalue weighted by Crippen LogP contribution is 2.37. The summed E-state index contributed by atoms with van der Waals surface area (Å²) in [6, 6.07) is 17.2. The van der Waals surface area contributed by atoms with Crippen LogP contribution >= 0.6 is 23.5 Å². The molecule has 34 heavy (non-hydrogen) atoms. The van der Waals surface area contributed by atoms with Gasteiger partial charge < -0.3 is 21.7 Å². The van der Waals surface area contributed by atoms with Gasteiger partial charge in [-0.2, -0.15) is 0 Å². The lowest BCUT2D eigenvalue weighted by atomic mass is 9.91. The summed E-state index contributed by atoms with van der Waals surface area (Å²) in [5.74, 6) is -2.29. The average Bonchev–Trinajstić information content (AvgIpc) is 2.77. The molecule has 3 aromatic carbocycles. The number of aromatic carboxylic acids is 2. The van der Waals surface area contributed by atoms with Crippen molar-refractivity contribution in [3.63, 3.8) is 0 Å². The van der Waals surface area contributed by atoms with Crippen molar-refractivity contribution < 1.29 is 19.8 Å². The standard InChI is InChI=1S/C26H24N2O4S2/c1-15(33-23-9-5-3-7-21(23)27)13-19-17(25(29)30)11-12-18(26(31)32)20(19)14-16(2)34-24-10-6-4-8-22(24)28/h3-12H,1-2,13-14,27-28H2,(H,29,30)(H,31,32). The molecule has 0 unspecified atom stereocenters. The Labute approximate surface area is 206 Å². The van der Waals surface area contributed by atoms with Gasteiger partial charge in [-0.25, -0.2) is 9.59 Å². The van der Waals surface area contributed by atoms with Crippen molar-refractivity contribution in [3.05, 3.63) is 106 Å². The number of para-hydroxylation sites is 2. The molecule has 6 nitrogen and oxygen atoms in total. The van der Waals surface area contributed by atoms with Gasteiger partial charge in [0.15, 0.2) is 0 Å². The number of hydrogen-bond donors (Lipinski definition) is 4. The Morgan fingerprint density at radius 3 is 1.35 bits per heavy atom. The predicted molar refractivity (Wildman–Crippen MR) is 139 cm³/mol. The molecule has 3 aromatic rings. The normalized spacial score (nSPS) is 10.6. The highest BCUT2D eigenvalue weighted by molar-refractivity contribution is 8.03. The fourth-order valence-electron chi connectivity index (χ4n) is 3.42. The number of carboxylic acid groups (broad SMARTS) is 2. The first-order valence-electron chi connectivity index (χ1n) is 10.2. The molecule has 0 atom stereocenters. The minimum atomic E-state index is -1.14. The third kappa shape index (κ3) is 6.03. The summed E-state index contributed by atoms with van der Waals surface area (Å²) in [6.45, 7) is 8.17. The summed E-state index contributed by atoms with van der Waals surface area (Å²) in [5.41, 5.74) is 14.1. The maximum Gasteiger partial charge on any atom is 0.335 e. The van der Waals surface area contributed by atoms with Crippen LogP contribution in [0.3, 0.4) is 0 Å². The van der Waals surface area contributed by atoms with Gasteiger partial charge in [0.05, 0.1) is 11.1 Å². The molecule has 0 fully saturated rings. The quantitative estimate of drug-likeness (QED) is 0.202. The second-order valence-electron chi connectivity index (χ2n) is 7.44. The Kier molecular flexibility index (Phi) is 8.09. The van der Waals surface area contributed by atoms with Crippen molar-refractivity contribution in [1.82, 2.24) is 0 Å². The van der Waals surface area contributed by atoms with Crippen LogP contribution in [0.2, 0.25) is 0 Å². The lowest BCUT2D eigenvalue weighted by molar-refractivity contribution is 0.0679. The maximum absolute atomic E-state index is 12.0. The van der Waals surface area contributed by atoms with E-state index >= 15 is 0 Å². The van der Waals surface area contributed by atoms with Crippen LogP contribution in [0.15, 0.2) is 93.4 Å². The summed E-state index contributed by atoms with van der Waals surface area (Å²) in [4.78, 5) is 26.9. The number of nitrogen functional groups attached to an aromatic ring is 2. The summed E-state index contributed by atoms with van der Waals surface area (Å²) in [5, 5.41) is 19.6. The van der Waals surface area contributed by atoms with Crippen LogP contribution in [0, 0.1) is 0 Å². The Hall–Kier alpha value is -3.62. The second kappa shape index (κ2) is 11.0. The molecule has 0 saturated carbocycles. The predicted octanol–water partition coefficient (Wildman–Crippen LogP) is 5.94. The fourth-order valence-corrected chi connectivity index (χ4v) is 5.14. The molecule has 6 N–H and O–H groups in total. The van der Waals surface area contributed by atoms with Gasteiger partial charge >= 0.3 is 11.9 Å². The van der Waals surface area contributed by atoms with Crippen molar-refractivity contribution >= 4 is 46.8 Å². The first-order valence-corrected chi connectivity index (χ1v) is 11.8. The van der Waals surface area contributed by atoms with Gasteiger partial charge in [-0.3, -0.25) is 0 Å². The SMILES string of the molecule is C=C(Cc1c(C(=O)O)ccc(C(=O)O)c1CC(=C)Sc1ccccc1N)Sc1ccccc1N. The number of benzene rings is 3. The molecule has 3 rings (SSSR count). The summed E-state index contributed by atoms with van der Waals surface area (Å²) in [7, 11) is 0. The van der Waals surface area contributed by atoms with Gasteiger partial charge in [-0.05, 0) is 57.3 Å². The Morgan fingerprint density at radius 1 is 0.676 bits per heavy atom. The van der Waals surface area contributed by atoms with Gasteiger partial charge in [0.2, 0.25) is 0 Å². The van der Waals surface area contributed by atoms with E-state index in [2.05, 4.69) is 13.2 Å². The number of allylic oxidation sites excluding steroid dienone is 2. The van der Waals surface area contributed by atoms with E-state index in [-0.39, 0.29) is 24.0 Å². The monoisotopic (exact) mass is 492 g/mol. The molecule has 0 spiro atoms. The number of carboxylic acids is 2. The van der Waals surface area contributed by atoms with Gasteiger partial charge in [-0.1, -0.05) is 60.9 Å². The minimum Gasteiger partial charge on any atom is -0.478 e. The van der Waals surface area contributed by atoms with Crippen LogP contribution in [0.5, 0.6) is 0 Å². The van der Waals surface area contributed by atoms with Crippen molar-refractivity contribution in [2.24, 2.45) is 0 Å². The van der Waals surface area contributed by atoms with E-state index in [0.717, 1.165) is 9.79 Å². The van der Waals surface area contributed by atoms with Gasteiger partial charge in [0.1, 0.15) is 0 Å². The summed E-state index contributed by atoms with van der Waals surface area (Å²) >= 11 is 2.66. The topological polar surface area (TPSA) is 127 Å². The number of anilines is 2. The minimum absolute atomic E-state index is 0.0276. The number of carbonyl (C=O) groups is 2. The first kappa shape index (κ1) is 25.0. The highest BCUT2D eigenvalue weighted by Gasteiger charge is 2.22. The molecule has 0 aliphatic carbocycles. The molecule has 0 amide bonds. The average molecular weight is 493 g/mol. The molecule has 174 valence electrons. The molecular weight excluding hydrogens is 468 g/mol. The van der Waals surface area contributed by atoms with E-state index in [4.69, 9.17) is 11.5 Å². The summed E-state index contributed by atoms with van der Waals surface area (Å²) in [6.07, 6.45) is 0.311. The zero-order valence-corrected chi connectivity index (χ0v) is 19.9. The Balaban J connectivity index is 1.98. The zero-order chi connectivity index (χ0) is 24.8. The van der Waals surface area contributed by atoms with Crippen LogP contribution in [-0.4, -0.2) is 22.2 Å². The third-order valence-corrected chi connectivity index (χ3v) is 7.04. The molecule has 0 aromatic heterocycles. The molecule has 0 aliphatic rings. The maximum atomic E-state index is 12.0. The van der Waals surface area contributed by atoms with Crippen LogP contribution in [-0.2, 0) is 12.8 Å². The van der Waals surface area contributed by atoms with E-state index in [9.17, 15) is 19.8 Å². The number of nitrogens with two attached hydrogens (primary N) is 2. The van der Waals surface area contributed by atoms with Gasteiger partial charge in [0.25, 0.3) is 0 Å². The Morgan fingerprint density at radius 2 is 1.03 bits per heavy atom. The van der Waals surface area contributed by atoms with Crippen molar-refractivity contribution in [3.8, 4) is 0 Å².